The van der Waals surface area contributed by atoms with Crippen molar-refractivity contribution in [2.45, 2.75) is 39.0 Å². The highest BCUT2D eigenvalue weighted by atomic mass is 35.5. The van der Waals surface area contributed by atoms with Crippen molar-refractivity contribution in [2.75, 3.05) is 26.3 Å². The standard InChI is InChI=1S/C28H33N3O8.ClH/c1-18-24(27(32)33)26(25(28(34)35)19(2)30-18)22-17-20(31(36)37)11-12-23(22)39-15-7-6-13-29-14-8-16-38-21-9-4-3-5-10-21;/h3-5,9-12,17,26,29-30H,6-8,13-16H2,1-2H3,(H,32,33)(H,34,35);1H. The van der Waals surface area contributed by atoms with Gasteiger partial charge in [-0.15, -0.1) is 12.4 Å². The number of halogens is 1. The van der Waals surface area contributed by atoms with Crippen molar-refractivity contribution in [3.8, 4) is 11.5 Å². The van der Waals surface area contributed by atoms with Gasteiger partial charge in [0.05, 0.1) is 35.2 Å². The molecule has 0 amide bonds. The van der Waals surface area contributed by atoms with E-state index in [0.717, 1.165) is 31.7 Å². The highest BCUT2D eigenvalue weighted by Gasteiger charge is 2.38. The average molecular weight is 576 g/mol. The van der Waals surface area contributed by atoms with Gasteiger partial charge in [0.15, 0.2) is 0 Å². The molecule has 0 radical (unpaired) electrons. The van der Waals surface area contributed by atoms with Gasteiger partial charge in [0.1, 0.15) is 11.5 Å². The zero-order chi connectivity index (χ0) is 28.4. The van der Waals surface area contributed by atoms with Crippen molar-refractivity contribution in [1.82, 2.24) is 10.6 Å². The molecule has 1 heterocycles. The van der Waals surface area contributed by atoms with E-state index in [4.69, 9.17) is 9.47 Å². The summed E-state index contributed by atoms with van der Waals surface area (Å²) in [5.74, 6) is -2.86. The minimum atomic E-state index is -1.33. The number of carboxylic acids is 2. The monoisotopic (exact) mass is 575 g/mol. The molecule has 3 rings (SSSR count). The Hall–Kier alpha value is -4.09. The molecule has 0 aliphatic carbocycles. The van der Waals surface area contributed by atoms with Crippen LogP contribution >= 0.6 is 12.4 Å². The summed E-state index contributed by atoms with van der Waals surface area (Å²) in [5.41, 5.74) is -0.0650. The first kappa shape index (κ1) is 32.1. The molecule has 0 atom stereocenters. The van der Waals surface area contributed by atoms with E-state index >= 15 is 0 Å². The summed E-state index contributed by atoms with van der Waals surface area (Å²) in [4.78, 5) is 35.2. The van der Waals surface area contributed by atoms with Crippen LogP contribution in [0.2, 0.25) is 0 Å². The first-order chi connectivity index (χ1) is 18.7. The predicted octanol–water partition coefficient (Wildman–Crippen LogP) is 4.64. The van der Waals surface area contributed by atoms with Crippen LogP contribution in [0.3, 0.4) is 0 Å². The number of carbonyl (C=O) groups is 2. The number of benzene rings is 2. The molecular formula is C28H34ClN3O8. The van der Waals surface area contributed by atoms with Crippen LogP contribution in [0.4, 0.5) is 5.69 Å². The largest absolute Gasteiger partial charge is 0.494 e. The van der Waals surface area contributed by atoms with E-state index in [1.54, 1.807) is 0 Å². The molecule has 12 heteroatoms. The number of hydrogen-bond acceptors (Lipinski definition) is 8. The third-order valence-corrected chi connectivity index (χ3v) is 6.25. The van der Waals surface area contributed by atoms with Crippen LogP contribution in [0.15, 0.2) is 71.1 Å². The number of aliphatic carboxylic acids is 2. The van der Waals surface area contributed by atoms with E-state index in [9.17, 15) is 29.9 Å². The molecule has 11 nitrogen and oxygen atoms in total. The number of allylic oxidation sites excluding steroid dienone is 2. The summed E-state index contributed by atoms with van der Waals surface area (Å²) in [5, 5.41) is 37.4. The zero-order valence-electron chi connectivity index (χ0n) is 22.3. The first-order valence-corrected chi connectivity index (χ1v) is 12.7. The van der Waals surface area contributed by atoms with Gasteiger partial charge in [-0.3, -0.25) is 10.1 Å². The van der Waals surface area contributed by atoms with Gasteiger partial charge in [-0.2, -0.15) is 0 Å². The molecule has 0 spiro atoms. The minimum Gasteiger partial charge on any atom is -0.494 e. The Morgan fingerprint density at radius 2 is 1.52 bits per heavy atom. The number of non-ortho nitro benzene ring substituents is 1. The maximum Gasteiger partial charge on any atom is 0.334 e. The summed E-state index contributed by atoms with van der Waals surface area (Å²) in [6.07, 6.45) is 2.32. The minimum absolute atomic E-state index is 0. The van der Waals surface area contributed by atoms with E-state index in [2.05, 4.69) is 10.6 Å². The van der Waals surface area contributed by atoms with Gasteiger partial charge in [-0.1, -0.05) is 18.2 Å². The molecule has 2 aromatic carbocycles. The molecule has 0 bridgehead atoms. The van der Waals surface area contributed by atoms with Crippen LogP contribution in [0.5, 0.6) is 11.5 Å². The maximum atomic E-state index is 12.1. The number of para-hydroxylation sites is 1. The lowest BCUT2D eigenvalue weighted by Crippen LogP contribution is -2.31. The number of nitrogens with zero attached hydrogens (tertiary/aromatic N) is 1. The fourth-order valence-corrected chi connectivity index (χ4v) is 4.44. The number of nitrogens with one attached hydrogen (secondary N) is 2. The lowest BCUT2D eigenvalue weighted by atomic mass is 9.80. The number of nitro groups is 1. The van der Waals surface area contributed by atoms with Crippen molar-refractivity contribution in [3.63, 3.8) is 0 Å². The number of carboxylic acid groups (broad SMARTS) is 2. The zero-order valence-corrected chi connectivity index (χ0v) is 23.2. The van der Waals surface area contributed by atoms with E-state index in [0.29, 0.717) is 13.0 Å². The second-order valence-corrected chi connectivity index (χ2v) is 9.05. The van der Waals surface area contributed by atoms with Gasteiger partial charge in [0.25, 0.3) is 5.69 Å². The topological polar surface area (TPSA) is 160 Å². The number of rotatable bonds is 15. The molecular weight excluding hydrogens is 542 g/mol. The predicted molar refractivity (Wildman–Crippen MR) is 151 cm³/mol. The Morgan fingerprint density at radius 1 is 0.925 bits per heavy atom. The molecule has 0 saturated carbocycles. The normalized spacial score (nSPS) is 13.3. The van der Waals surface area contributed by atoms with Gasteiger partial charge < -0.3 is 30.3 Å². The van der Waals surface area contributed by atoms with Crippen LogP contribution in [-0.2, 0) is 9.59 Å². The Morgan fingerprint density at radius 3 is 2.12 bits per heavy atom. The van der Waals surface area contributed by atoms with Crippen LogP contribution in [0.25, 0.3) is 0 Å². The Bertz CT molecular complexity index is 1230. The van der Waals surface area contributed by atoms with E-state index in [1.165, 1.54) is 32.0 Å². The number of unbranched alkanes of at least 4 members (excludes halogenated alkanes) is 1. The van der Waals surface area contributed by atoms with Crippen molar-refractivity contribution < 1.29 is 34.2 Å². The summed E-state index contributed by atoms with van der Waals surface area (Å²) in [7, 11) is 0. The van der Waals surface area contributed by atoms with Crippen molar-refractivity contribution >= 4 is 30.0 Å². The van der Waals surface area contributed by atoms with Crippen LogP contribution in [0, 0.1) is 10.1 Å². The number of ether oxygens (including phenoxy) is 2. The molecule has 0 fully saturated rings. The second kappa shape index (κ2) is 15.5. The Labute approximate surface area is 238 Å². The van der Waals surface area contributed by atoms with Crippen LogP contribution < -0.4 is 20.1 Å². The van der Waals surface area contributed by atoms with Crippen LogP contribution in [-0.4, -0.2) is 53.4 Å². The fourth-order valence-electron chi connectivity index (χ4n) is 4.44. The SMILES string of the molecule is CC1=C(C(=O)O)C(c2cc([N+](=O)[O-])ccc2OCCCCNCCCOc2ccccc2)C(C(=O)O)=C(C)N1.Cl. The van der Waals surface area contributed by atoms with Crippen molar-refractivity contribution in [3.05, 3.63) is 86.7 Å². The van der Waals surface area contributed by atoms with Gasteiger partial charge in [0, 0.05) is 29.1 Å². The van der Waals surface area contributed by atoms with Crippen LogP contribution in [0.1, 0.15) is 44.6 Å². The third-order valence-electron chi connectivity index (χ3n) is 6.25. The lowest BCUT2D eigenvalue weighted by Gasteiger charge is -2.29. The molecule has 40 heavy (non-hydrogen) atoms. The quantitative estimate of drug-likeness (QED) is 0.134. The molecule has 0 aromatic heterocycles. The van der Waals surface area contributed by atoms with Crippen molar-refractivity contribution in [1.29, 1.82) is 0 Å². The van der Waals surface area contributed by atoms with Gasteiger partial charge in [-0.25, -0.2) is 9.59 Å². The van der Waals surface area contributed by atoms with Gasteiger partial charge >= 0.3 is 11.9 Å². The molecule has 1 aliphatic rings. The van der Waals surface area contributed by atoms with E-state index < -0.39 is 22.8 Å². The van der Waals surface area contributed by atoms with E-state index in [1.807, 2.05) is 30.3 Å². The molecule has 4 N–H and O–H groups in total. The number of dihydropyridines is 1. The molecule has 2 aromatic rings. The summed E-state index contributed by atoms with van der Waals surface area (Å²) < 4.78 is 11.6. The number of hydrogen-bond donors (Lipinski definition) is 4. The molecule has 216 valence electrons. The fraction of sp³-hybridized carbons (Fsp3) is 0.357. The highest BCUT2D eigenvalue weighted by Crippen LogP contribution is 2.43. The van der Waals surface area contributed by atoms with Gasteiger partial charge in [0.2, 0.25) is 0 Å². The van der Waals surface area contributed by atoms with E-state index in [-0.39, 0.29) is 58.6 Å². The first-order valence-electron chi connectivity index (χ1n) is 12.7. The maximum absolute atomic E-state index is 12.1. The summed E-state index contributed by atoms with van der Waals surface area (Å²) in [6, 6.07) is 13.4. The molecule has 0 saturated heterocycles. The second-order valence-electron chi connectivity index (χ2n) is 9.05. The molecule has 1 aliphatic heterocycles. The smallest absolute Gasteiger partial charge is 0.334 e. The number of nitro benzene ring substituents is 1. The van der Waals surface area contributed by atoms with Gasteiger partial charge in [-0.05, 0) is 64.4 Å². The average Bonchev–Trinajstić information content (AvgIpc) is 2.89. The highest BCUT2D eigenvalue weighted by molar-refractivity contribution is 5.98. The Balaban J connectivity index is 0.00000560. The van der Waals surface area contributed by atoms with Crippen molar-refractivity contribution in [2.24, 2.45) is 0 Å². The lowest BCUT2D eigenvalue weighted by molar-refractivity contribution is -0.384. The summed E-state index contributed by atoms with van der Waals surface area (Å²) >= 11 is 0. The molecule has 0 unspecified atom stereocenters. The summed E-state index contributed by atoms with van der Waals surface area (Å²) in [6.45, 7) is 5.48. The Kier molecular flexibility index (Phi) is 12.4. The third kappa shape index (κ3) is 8.45.